The Morgan fingerprint density at radius 2 is 2.19 bits per heavy atom. The molecule has 0 radical (unpaired) electrons. The molecule has 1 aliphatic rings. The van der Waals surface area contributed by atoms with Crippen LogP contribution >= 0.6 is 0 Å². The maximum atomic E-state index is 12.2. The molecule has 1 aliphatic carbocycles. The Balaban J connectivity index is 2.14. The van der Waals surface area contributed by atoms with E-state index in [0.29, 0.717) is 0 Å². The van der Waals surface area contributed by atoms with Crippen LogP contribution in [0.5, 0.6) is 5.75 Å². The van der Waals surface area contributed by atoms with Gasteiger partial charge in [0.2, 0.25) is 5.75 Å². The van der Waals surface area contributed by atoms with Crippen molar-refractivity contribution < 1.29 is 14.8 Å². The summed E-state index contributed by atoms with van der Waals surface area (Å²) in [6.45, 7) is 4.33. The summed E-state index contributed by atoms with van der Waals surface area (Å²) in [7, 11) is 0. The van der Waals surface area contributed by atoms with Gasteiger partial charge in [0.05, 0.1) is 10.5 Å². The number of nitro groups is 1. The number of nitrogens with zero attached hydrogens (tertiary/aromatic N) is 1. The van der Waals surface area contributed by atoms with Gasteiger partial charge in [-0.15, -0.1) is 0 Å². The molecule has 0 saturated heterocycles. The number of aromatic hydroxyl groups is 1. The molecule has 0 aliphatic heterocycles. The molecule has 21 heavy (non-hydrogen) atoms. The number of para-hydroxylation sites is 1. The summed E-state index contributed by atoms with van der Waals surface area (Å²) in [5.41, 5.74) is -0.319. The van der Waals surface area contributed by atoms with Gasteiger partial charge in [0.1, 0.15) is 0 Å². The van der Waals surface area contributed by atoms with Crippen molar-refractivity contribution in [2.45, 2.75) is 45.6 Å². The smallest absolute Gasteiger partial charge is 0.311 e. The Labute approximate surface area is 123 Å². The van der Waals surface area contributed by atoms with Crippen LogP contribution < -0.4 is 5.32 Å². The van der Waals surface area contributed by atoms with Gasteiger partial charge in [0.15, 0.2) is 0 Å². The predicted octanol–water partition coefficient (Wildman–Crippen LogP) is 3.00. The minimum Gasteiger partial charge on any atom is -0.502 e. The van der Waals surface area contributed by atoms with Crippen molar-refractivity contribution in [3.63, 3.8) is 0 Å². The molecular formula is C15H20N2O4. The molecule has 1 unspecified atom stereocenters. The number of rotatable bonds is 3. The van der Waals surface area contributed by atoms with E-state index in [1.54, 1.807) is 0 Å². The lowest BCUT2D eigenvalue weighted by Gasteiger charge is -2.35. The third-order valence-corrected chi connectivity index (χ3v) is 4.00. The maximum Gasteiger partial charge on any atom is 0.311 e. The van der Waals surface area contributed by atoms with Crippen molar-refractivity contribution in [3.8, 4) is 5.75 Å². The molecule has 0 spiro atoms. The van der Waals surface area contributed by atoms with Crippen LogP contribution in [0, 0.1) is 15.5 Å². The quantitative estimate of drug-likeness (QED) is 0.661. The van der Waals surface area contributed by atoms with Crippen LogP contribution in [-0.4, -0.2) is 22.0 Å². The lowest BCUT2D eigenvalue weighted by molar-refractivity contribution is -0.385. The molecule has 0 aromatic heterocycles. The number of hydrogen-bond acceptors (Lipinski definition) is 4. The van der Waals surface area contributed by atoms with Gasteiger partial charge in [0, 0.05) is 12.1 Å². The first-order chi connectivity index (χ1) is 9.80. The van der Waals surface area contributed by atoms with Crippen LogP contribution in [0.25, 0.3) is 0 Å². The summed E-state index contributed by atoms with van der Waals surface area (Å²) in [5.74, 6) is -1.03. The Morgan fingerprint density at radius 1 is 1.48 bits per heavy atom. The normalized spacial score (nSPS) is 20.8. The van der Waals surface area contributed by atoms with E-state index >= 15 is 0 Å². The maximum absolute atomic E-state index is 12.2. The SMILES string of the molecule is CC1(C)CCCC(NC(=O)c2cccc([N+](=O)[O-])c2O)C1. The number of benzene rings is 1. The zero-order valence-corrected chi connectivity index (χ0v) is 12.3. The molecule has 2 rings (SSSR count). The first-order valence-electron chi connectivity index (χ1n) is 7.07. The second kappa shape index (κ2) is 5.71. The van der Waals surface area contributed by atoms with Crippen molar-refractivity contribution in [2.24, 2.45) is 5.41 Å². The predicted molar refractivity (Wildman–Crippen MR) is 78.3 cm³/mol. The molecule has 114 valence electrons. The molecule has 2 N–H and O–H groups in total. The highest BCUT2D eigenvalue weighted by Crippen LogP contribution is 2.35. The Hall–Kier alpha value is -2.11. The van der Waals surface area contributed by atoms with Crippen molar-refractivity contribution in [2.75, 3.05) is 0 Å². The number of amides is 1. The highest BCUT2D eigenvalue weighted by atomic mass is 16.6. The van der Waals surface area contributed by atoms with Gasteiger partial charge >= 0.3 is 5.69 Å². The van der Waals surface area contributed by atoms with Crippen LogP contribution in [0.3, 0.4) is 0 Å². The second-order valence-corrected chi connectivity index (χ2v) is 6.36. The summed E-state index contributed by atoms with van der Waals surface area (Å²) in [6, 6.07) is 4.01. The van der Waals surface area contributed by atoms with Gasteiger partial charge in [-0.1, -0.05) is 26.3 Å². The van der Waals surface area contributed by atoms with E-state index in [1.807, 2.05) is 0 Å². The molecule has 0 heterocycles. The van der Waals surface area contributed by atoms with E-state index in [2.05, 4.69) is 19.2 Å². The number of phenols is 1. The number of hydrogen-bond donors (Lipinski definition) is 2. The van der Waals surface area contributed by atoms with Crippen molar-refractivity contribution >= 4 is 11.6 Å². The molecular weight excluding hydrogens is 272 g/mol. The average molecular weight is 292 g/mol. The summed E-state index contributed by atoms with van der Waals surface area (Å²) in [4.78, 5) is 22.3. The summed E-state index contributed by atoms with van der Waals surface area (Å²) in [6.07, 6.45) is 3.93. The molecule has 1 saturated carbocycles. The van der Waals surface area contributed by atoms with Crippen molar-refractivity contribution in [1.29, 1.82) is 0 Å². The third kappa shape index (κ3) is 3.51. The topological polar surface area (TPSA) is 92.5 Å². The summed E-state index contributed by atoms with van der Waals surface area (Å²) >= 11 is 0. The van der Waals surface area contributed by atoms with Gasteiger partial charge in [-0.3, -0.25) is 14.9 Å². The van der Waals surface area contributed by atoms with Crippen LogP contribution in [0.1, 0.15) is 49.9 Å². The van der Waals surface area contributed by atoms with E-state index in [-0.39, 0.29) is 17.0 Å². The van der Waals surface area contributed by atoms with Crippen molar-refractivity contribution in [1.82, 2.24) is 5.32 Å². The van der Waals surface area contributed by atoms with Gasteiger partial charge in [-0.05, 0) is 30.7 Å². The van der Waals surface area contributed by atoms with E-state index < -0.39 is 22.3 Å². The minimum atomic E-state index is -0.699. The number of phenolic OH excluding ortho intramolecular Hbond substituents is 1. The fourth-order valence-electron chi connectivity index (χ4n) is 2.95. The highest BCUT2D eigenvalue weighted by Gasteiger charge is 2.30. The Morgan fingerprint density at radius 3 is 2.81 bits per heavy atom. The van der Waals surface area contributed by atoms with Gasteiger partial charge in [-0.25, -0.2) is 0 Å². The number of carbonyl (C=O) groups is 1. The number of carbonyl (C=O) groups excluding carboxylic acids is 1. The van der Waals surface area contributed by atoms with Crippen LogP contribution in [0.4, 0.5) is 5.69 Å². The number of nitrogens with one attached hydrogen (secondary N) is 1. The Bertz CT molecular complexity index is 569. The summed E-state index contributed by atoms with van der Waals surface area (Å²) < 4.78 is 0. The molecule has 1 fully saturated rings. The molecule has 1 atom stereocenters. The molecule has 0 bridgehead atoms. The fourth-order valence-corrected chi connectivity index (χ4v) is 2.95. The van der Waals surface area contributed by atoms with Crippen molar-refractivity contribution in [3.05, 3.63) is 33.9 Å². The first-order valence-corrected chi connectivity index (χ1v) is 7.07. The molecule has 6 heteroatoms. The molecule has 1 amide bonds. The van der Waals surface area contributed by atoms with Gasteiger partial charge < -0.3 is 10.4 Å². The molecule has 6 nitrogen and oxygen atoms in total. The first kappa shape index (κ1) is 15.3. The zero-order valence-electron chi connectivity index (χ0n) is 12.3. The largest absolute Gasteiger partial charge is 0.502 e. The van der Waals surface area contributed by atoms with E-state index in [4.69, 9.17) is 0 Å². The van der Waals surface area contributed by atoms with E-state index in [9.17, 15) is 20.0 Å². The van der Waals surface area contributed by atoms with Crippen LogP contribution in [-0.2, 0) is 0 Å². The van der Waals surface area contributed by atoms with Gasteiger partial charge in [-0.2, -0.15) is 0 Å². The zero-order chi connectivity index (χ0) is 15.6. The van der Waals surface area contributed by atoms with Crippen LogP contribution in [0.15, 0.2) is 18.2 Å². The minimum absolute atomic E-state index is 0.0416. The average Bonchev–Trinajstić information content (AvgIpc) is 2.37. The third-order valence-electron chi connectivity index (χ3n) is 4.00. The highest BCUT2D eigenvalue weighted by molar-refractivity contribution is 5.98. The summed E-state index contributed by atoms with van der Waals surface area (Å²) in [5, 5.41) is 23.5. The van der Waals surface area contributed by atoms with Gasteiger partial charge in [0.25, 0.3) is 5.91 Å². The second-order valence-electron chi connectivity index (χ2n) is 6.36. The molecule has 1 aromatic rings. The van der Waals surface area contributed by atoms with E-state index in [1.165, 1.54) is 18.2 Å². The van der Waals surface area contributed by atoms with E-state index in [0.717, 1.165) is 25.7 Å². The number of nitro benzene ring substituents is 1. The lowest BCUT2D eigenvalue weighted by atomic mass is 9.75. The Kier molecular flexibility index (Phi) is 4.16. The van der Waals surface area contributed by atoms with Crippen LogP contribution in [0.2, 0.25) is 0 Å². The molecule has 1 aromatic carbocycles. The monoisotopic (exact) mass is 292 g/mol. The standard InChI is InChI=1S/C15H20N2O4/c1-15(2)8-4-5-10(9-15)16-14(19)11-6-3-7-12(13(11)18)17(20)21/h3,6-7,10,18H,4-5,8-9H2,1-2H3,(H,16,19). The fraction of sp³-hybridized carbons (Fsp3) is 0.533. The lowest BCUT2D eigenvalue weighted by Crippen LogP contribution is -2.40.